The van der Waals surface area contributed by atoms with Crippen LogP contribution in [0.15, 0.2) is 21.9 Å². The third-order valence-electron chi connectivity index (χ3n) is 3.69. The zero-order valence-corrected chi connectivity index (χ0v) is 20.9. The Hall–Kier alpha value is 0.277. The van der Waals surface area contributed by atoms with Crippen LogP contribution in [0.3, 0.4) is 0 Å². The Labute approximate surface area is 150 Å². The maximum absolute atomic E-state index is 10.2. The molecule has 0 unspecified atom stereocenters. The number of nitrogens with one attached hydrogen (secondary N) is 2. The molecular weight excluding hydrogens is 490 g/mol. The minimum absolute atomic E-state index is 0.381. The van der Waals surface area contributed by atoms with Crippen LogP contribution >= 0.6 is 0 Å². The average molecular weight is 524 g/mol. The van der Waals surface area contributed by atoms with E-state index in [0.29, 0.717) is 0 Å². The Morgan fingerprint density at radius 3 is 1.27 bits per heavy atom. The Bertz CT molecular complexity index is 390. The van der Waals surface area contributed by atoms with Gasteiger partial charge >= 0.3 is 113 Å². The van der Waals surface area contributed by atoms with Gasteiger partial charge in [0.05, 0.1) is 0 Å². The van der Waals surface area contributed by atoms with Gasteiger partial charge in [0.2, 0.25) is 0 Å². The summed E-state index contributed by atoms with van der Waals surface area (Å²) in [7, 11) is 0. The fraction of sp³-hybridized carbons (Fsp3) is 0.750. The average Bonchev–Trinajstić information content (AvgIpc) is 2.52. The van der Waals surface area contributed by atoms with E-state index in [1.807, 2.05) is 4.98 Å². The number of aromatic amines is 2. The summed E-state index contributed by atoms with van der Waals surface area (Å²) in [5, 5.41) is 0. The fourth-order valence-electron chi connectivity index (χ4n) is 1.88. The molecule has 0 bridgehead atoms. The zero-order valence-electron chi connectivity index (χ0n) is 15.2. The topological polar surface area (TPSA) is 65.7 Å². The van der Waals surface area contributed by atoms with E-state index in [2.05, 4.69) is 46.5 Å². The van der Waals surface area contributed by atoms with Gasteiger partial charge in [0.15, 0.2) is 0 Å². The van der Waals surface area contributed by atoms with Gasteiger partial charge in [-0.25, -0.2) is 4.79 Å². The van der Waals surface area contributed by atoms with Gasteiger partial charge in [0.1, 0.15) is 0 Å². The van der Waals surface area contributed by atoms with Crippen molar-refractivity contribution in [3.8, 4) is 0 Å². The van der Waals surface area contributed by atoms with Crippen LogP contribution in [-0.4, -0.2) is 49.5 Å². The van der Waals surface area contributed by atoms with Gasteiger partial charge in [-0.1, -0.05) is 0 Å². The third-order valence-corrected chi connectivity index (χ3v) is 20.8. The molecule has 0 aliphatic carbocycles. The van der Waals surface area contributed by atoms with Gasteiger partial charge in [-0.15, -0.1) is 0 Å². The zero-order chi connectivity index (χ0) is 17.4. The normalized spacial score (nSPS) is 9.82. The van der Waals surface area contributed by atoms with Crippen LogP contribution in [0.25, 0.3) is 0 Å². The van der Waals surface area contributed by atoms with Crippen molar-refractivity contribution >= 4 is 39.5 Å². The number of hydrogen-bond acceptors (Lipinski definition) is 2. The first-order valence-corrected chi connectivity index (χ1v) is 20.5. The summed E-state index contributed by atoms with van der Waals surface area (Å²) >= 11 is -1.31. The molecule has 0 spiro atoms. The molecule has 2 N–H and O–H groups in total. The van der Waals surface area contributed by atoms with Crippen molar-refractivity contribution in [3.05, 3.63) is 33.1 Å². The summed E-state index contributed by atoms with van der Waals surface area (Å²) in [5.41, 5.74) is -0.855. The molecule has 1 rings (SSSR count). The number of rotatable bonds is 6. The van der Waals surface area contributed by atoms with Gasteiger partial charge in [0, 0.05) is 12.3 Å². The molecule has 4 nitrogen and oxygen atoms in total. The second-order valence-corrected chi connectivity index (χ2v) is 25.6. The maximum Gasteiger partial charge on any atom is 0.325 e. The van der Waals surface area contributed by atoms with Gasteiger partial charge in [-0.2, -0.15) is 0 Å². The second-order valence-electron chi connectivity index (χ2n) is 4.92. The van der Waals surface area contributed by atoms with Gasteiger partial charge in [0.25, 0.3) is 5.56 Å². The largest absolute Gasteiger partial charge is 0.325 e. The first-order valence-electron chi connectivity index (χ1n) is 8.43. The smallest absolute Gasteiger partial charge is 0.314 e. The van der Waals surface area contributed by atoms with Crippen LogP contribution in [0.4, 0.5) is 0 Å². The molecule has 128 valence electrons. The summed E-state index contributed by atoms with van der Waals surface area (Å²) in [6.07, 6.45) is 1.29. The molecule has 0 amide bonds. The molecule has 0 aromatic carbocycles. The van der Waals surface area contributed by atoms with Crippen molar-refractivity contribution in [3.63, 3.8) is 0 Å². The molecule has 0 aliphatic rings. The molecular formula is C16H34N2O2Sn2. The number of aromatic nitrogens is 2. The van der Waals surface area contributed by atoms with E-state index in [1.165, 1.54) is 12.3 Å². The fourth-order valence-corrected chi connectivity index (χ4v) is 10.4. The van der Waals surface area contributed by atoms with E-state index in [0.717, 1.165) is 0 Å². The van der Waals surface area contributed by atoms with Crippen molar-refractivity contribution < 1.29 is 0 Å². The van der Waals surface area contributed by atoms with Crippen LogP contribution in [-0.2, 0) is 0 Å². The minimum atomic E-state index is -0.653. The maximum atomic E-state index is 10.2. The Balaban J connectivity index is 0. The van der Waals surface area contributed by atoms with Crippen molar-refractivity contribution in [2.45, 2.75) is 68.2 Å². The second kappa shape index (κ2) is 17.6. The molecule has 1 aromatic heterocycles. The first-order chi connectivity index (χ1) is 10.5. The van der Waals surface area contributed by atoms with E-state index >= 15 is 0 Å². The van der Waals surface area contributed by atoms with E-state index in [9.17, 15) is 9.59 Å². The Kier molecular flexibility index (Phi) is 19.7. The molecule has 0 atom stereocenters. The quantitative estimate of drug-likeness (QED) is 0.550. The molecule has 0 fully saturated rings. The first kappa shape index (κ1) is 24.5. The summed E-state index contributed by atoms with van der Waals surface area (Å²) in [6, 6.07) is 1.24. The standard InChI is InChI=1S/C4H4N2O2.6C2H5.2Sn/c7-3-1-2-5-4(8)6-3;6*1-2;;/h1-2H,(H2,5,6,7,8);6*1H2,2H3;;. The van der Waals surface area contributed by atoms with Crippen molar-refractivity contribution in [2.24, 2.45) is 0 Å². The minimum Gasteiger partial charge on any atom is -0.314 e. The predicted octanol–water partition coefficient (Wildman–Crippen LogP) is 4.15. The summed E-state index contributed by atoms with van der Waals surface area (Å²) in [4.78, 5) is 24.7. The molecule has 22 heavy (non-hydrogen) atoms. The Morgan fingerprint density at radius 2 is 1.14 bits per heavy atom. The Morgan fingerprint density at radius 1 is 0.773 bits per heavy atom. The third kappa shape index (κ3) is 15.2. The van der Waals surface area contributed by atoms with Gasteiger partial charge in [-0.3, -0.25) is 9.78 Å². The van der Waals surface area contributed by atoms with Crippen molar-refractivity contribution in [1.29, 1.82) is 0 Å². The molecule has 6 heteroatoms. The molecule has 2 radical (unpaired) electrons. The summed E-state index contributed by atoms with van der Waals surface area (Å²) in [5.74, 6) is 0. The predicted molar refractivity (Wildman–Crippen MR) is 102 cm³/mol. The van der Waals surface area contributed by atoms with Crippen molar-refractivity contribution in [2.75, 3.05) is 0 Å². The molecule has 0 saturated carbocycles. The molecule has 1 aromatic rings. The number of H-pyrrole nitrogens is 2. The van der Waals surface area contributed by atoms with Crippen LogP contribution in [0.1, 0.15) is 41.5 Å². The summed E-state index contributed by atoms with van der Waals surface area (Å²) < 4.78 is 9.30. The van der Waals surface area contributed by atoms with Crippen LogP contribution in [0.2, 0.25) is 26.6 Å². The summed E-state index contributed by atoms with van der Waals surface area (Å²) in [6.45, 7) is 14.1. The monoisotopic (exact) mass is 526 g/mol. The van der Waals surface area contributed by atoms with E-state index in [4.69, 9.17) is 0 Å². The van der Waals surface area contributed by atoms with E-state index in [1.54, 1.807) is 26.6 Å². The van der Waals surface area contributed by atoms with Gasteiger partial charge < -0.3 is 4.98 Å². The van der Waals surface area contributed by atoms with Crippen LogP contribution in [0, 0.1) is 0 Å². The molecule has 0 aliphatic heterocycles. The van der Waals surface area contributed by atoms with Crippen LogP contribution in [0.5, 0.6) is 0 Å². The van der Waals surface area contributed by atoms with E-state index < -0.39 is 45.2 Å². The van der Waals surface area contributed by atoms with Gasteiger partial charge in [-0.05, 0) is 0 Å². The SMILES string of the molecule is C[CH2][Sn]([CH2]C)[CH2]C.C[CH2][Sn]([CH2]C)[CH2]C.O=c1cc[nH]c(=O)[nH]1. The number of hydrogen-bond donors (Lipinski definition) is 2. The van der Waals surface area contributed by atoms with Crippen LogP contribution < -0.4 is 11.2 Å². The van der Waals surface area contributed by atoms with E-state index in [-0.39, 0.29) is 5.56 Å². The molecule has 0 saturated heterocycles. The van der Waals surface area contributed by atoms with Crippen molar-refractivity contribution in [1.82, 2.24) is 9.97 Å². The molecule has 1 heterocycles.